The molecule has 0 saturated heterocycles. The van der Waals surface area contributed by atoms with Gasteiger partial charge in [0, 0.05) is 30.8 Å². The Morgan fingerprint density at radius 3 is 2.53 bits per heavy atom. The maximum absolute atomic E-state index is 13.9. The molecule has 1 saturated carbocycles. The van der Waals surface area contributed by atoms with Gasteiger partial charge in [-0.25, -0.2) is 8.78 Å². The number of ketones is 1. The van der Waals surface area contributed by atoms with Crippen molar-refractivity contribution in [1.29, 1.82) is 0 Å². The fourth-order valence-corrected chi connectivity index (χ4v) is 4.10. The second-order valence-corrected chi connectivity index (χ2v) is 8.14. The summed E-state index contributed by atoms with van der Waals surface area (Å²) in [7, 11) is 1.74. The molecular weight excluding hydrogens is 414 g/mol. The van der Waals surface area contributed by atoms with Crippen LogP contribution in [-0.2, 0) is 11.2 Å². The quantitative estimate of drug-likeness (QED) is 0.547. The zero-order chi connectivity index (χ0) is 22.4. The van der Waals surface area contributed by atoms with Crippen molar-refractivity contribution < 1.29 is 23.1 Å². The van der Waals surface area contributed by atoms with E-state index in [0.717, 1.165) is 47.5 Å². The van der Waals surface area contributed by atoms with Crippen LogP contribution in [0.25, 0.3) is 11.3 Å². The van der Waals surface area contributed by atoms with Crippen LogP contribution in [0.3, 0.4) is 0 Å². The Labute approximate surface area is 183 Å². The van der Waals surface area contributed by atoms with E-state index in [0.29, 0.717) is 17.2 Å². The van der Waals surface area contributed by atoms with Crippen molar-refractivity contribution in [3.63, 3.8) is 0 Å². The molecular formula is C25H20F2N2O3. The molecule has 32 heavy (non-hydrogen) atoms. The fourth-order valence-electron chi connectivity index (χ4n) is 4.10. The SMILES string of the molecule is CN1C(=O)COc2c1ccc(-c1ccc(CC(=O)c3c(F)cccc3F)cn1)c2C1CC1. The Hall–Kier alpha value is -3.61. The highest BCUT2D eigenvalue weighted by Crippen LogP contribution is 2.52. The zero-order valence-electron chi connectivity index (χ0n) is 17.4. The number of fused-ring (bicyclic) bond motifs is 1. The van der Waals surface area contributed by atoms with Gasteiger partial charge in [0.25, 0.3) is 5.91 Å². The summed E-state index contributed by atoms with van der Waals surface area (Å²) in [5.41, 5.74) is 3.47. The Kier molecular flexibility index (Phi) is 4.96. The van der Waals surface area contributed by atoms with E-state index in [2.05, 4.69) is 4.98 Å². The van der Waals surface area contributed by atoms with Crippen molar-refractivity contribution >= 4 is 17.4 Å². The monoisotopic (exact) mass is 434 g/mol. The average molecular weight is 434 g/mol. The Bertz CT molecular complexity index is 1220. The molecule has 2 heterocycles. The third-order valence-corrected chi connectivity index (χ3v) is 5.94. The highest BCUT2D eigenvalue weighted by molar-refractivity contribution is 5.99. The summed E-state index contributed by atoms with van der Waals surface area (Å²) in [6.07, 6.45) is 3.50. The van der Waals surface area contributed by atoms with Crippen molar-refractivity contribution in [3.05, 3.63) is 77.0 Å². The highest BCUT2D eigenvalue weighted by atomic mass is 19.1. The Morgan fingerprint density at radius 1 is 1.12 bits per heavy atom. The number of anilines is 1. The summed E-state index contributed by atoms with van der Waals surface area (Å²) in [4.78, 5) is 30.5. The number of ether oxygens (including phenoxy) is 1. The van der Waals surface area contributed by atoms with Gasteiger partial charge in [-0.05, 0) is 48.6 Å². The molecule has 3 aromatic rings. The minimum Gasteiger partial charge on any atom is -0.481 e. The van der Waals surface area contributed by atoms with Crippen LogP contribution in [0.15, 0.2) is 48.7 Å². The van der Waals surface area contributed by atoms with E-state index in [1.165, 1.54) is 6.07 Å². The maximum atomic E-state index is 13.9. The van der Waals surface area contributed by atoms with Gasteiger partial charge in [-0.15, -0.1) is 0 Å². The van der Waals surface area contributed by atoms with Crippen molar-refractivity contribution in [1.82, 2.24) is 4.98 Å². The number of pyridine rings is 1. The van der Waals surface area contributed by atoms with E-state index in [4.69, 9.17) is 4.74 Å². The largest absolute Gasteiger partial charge is 0.481 e. The number of aromatic nitrogens is 1. The molecule has 2 aromatic carbocycles. The van der Waals surface area contributed by atoms with Gasteiger partial charge in [0.1, 0.15) is 17.4 Å². The van der Waals surface area contributed by atoms with E-state index in [-0.39, 0.29) is 18.9 Å². The molecule has 5 rings (SSSR count). The molecule has 0 bridgehead atoms. The van der Waals surface area contributed by atoms with Crippen LogP contribution in [0.5, 0.6) is 5.75 Å². The lowest BCUT2D eigenvalue weighted by Crippen LogP contribution is -2.35. The number of halogens is 2. The number of amides is 1. The number of hydrogen-bond acceptors (Lipinski definition) is 4. The predicted molar refractivity (Wildman–Crippen MR) is 115 cm³/mol. The molecule has 2 aliphatic rings. The molecule has 0 atom stereocenters. The molecule has 1 aliphatic carbocycles. The highest BCUT2D eigenvalue weighted by Gasteiger charge is 2.35. The van der Waals surface area contributed by atoms with Crippen LogP contribution in [0.1, 0.15) is 40.2 Å². The lowest BCUT2D eigenvalue weighted by molar-refractivity contribution is -0.121. The average Bonchev–Trinajstić information content (AvgIpc) is 3.61. The normalized spacial score (nSPS) is 15.3. The van der Waals surface area contributed by atoms with Gasteiger partial charge >= 0.3 is 0 Å². The minimum absolute atomic E-state index is 0.00769. The van der Waals surface area contributed by atoms with Crippen LogP contribution in [0.4, 0.5) is 14.5 Å². The van der Waals surface area contributed by atoms with E-state index >= 15 is 0 Å². The second kappa shape index (κ2) is 7.82. The third kappa shape index (κ3) is 3.53. The molecule has 7 heteroatoms. The number of rotatable bonds is 5. The lowest BCUT2D eigenvalue weighted by atomic mass is 9.96. The smallest absolute Gasteiger partial charge is 0.264 e. The summed E-state index contributed by atoms with van der Waals surface area (Å²) in [5, 5.41) is 0. The van der Waals surface area contributed by atoms with Crippen LogP contribution >= 0.6 is 0 Å². The van der Waals surface area contributed by atoms with Crippen molar-refractivity contribution in [3.8, 4) is 17.0 Å². The molecule has 0 radical (unpaired) electrons. The molecule has 0 unspecified atom stereocenters. The van der Waals surface area contributed by atoms with Gasteiger partial charge < -0.3 is 9.64 Å². The maximum Gasteiger partial charge on any atom is 0.264 e. The summed E-state index contributed by atoms with van der Waals surface area (Å²) in [5.74, 6) is -1.39. The molecule has 1 aromatic heterocycles. The van der Waals surface area contributed by atoms with Gasteiger partial charge in [-0.3, -0.25) is 14.6 Å². The van der Waals surface area contributed by atoms with E-state index in [1.54, 1.807) is 30.3 Å². The van der Waals surface area contributed by atoms with Gasteiger partial charge in [0.2, 0.25) is 0 Å². The van der Waals surface area contributed by atoms with Gasteiger partial charge in [-0.2, -0.15) is 0 Å². The standard InChI is InChI=1S/C25H20F2N2O3/c1-29-20-10-8-16(23(15-6-7-15)25(20)32-13-22(29)31)19-9-5-14(12-28-19)11-21(30)24-17(26)3-2-4-18(24)27/h2-5,8-10,12,15H,6-7,11,13H2,1H3. The summed E-state index contributed by atoms with van der Waals surface area (Å²) in [6, 6.07) is 10.7. The molecule has 1 fully saturated rings. The summed E-state index contributed by atoms with van der Waals surface area (Å²) in [6.45, 7) is 0.00769. The number of likely N-dealkylation sites (N-methyl/N-ethyl adjacent to an activating group) is 1. The first-order valence-corrected chi connectivity index (χ1v) is 10.4. The molecule has 5 nitrogen and oxygen atoms in total. The number of benzene rings is 2. The fraction of sp³-hybridized carbons (Fsp3) is 0.240. The topological polar surface area (TPSA) is 59.5 Å². The number of carbonyl (C=O) groups is 2. The molecule has 1 amide bonds. The van der Waals surface area contributed by atoms with Crippen LogP contribution in [0, 0.1) is 11.6 Å². The van der Waals surface area contributed by atoms with Crippen LogP contribution < -0.4 is 9.64 Å². The van der Waals surface area contributed by atoms with Crippen molar-refractivity contribution in [2.45, 2.75) is 25.2 Å². The van der Waals surface area contributed by atoms with E-state index in [1.807, 2.05) is 12.1 Å². The van der Waals surface area contributed by atoms with Gasteiger partial charge in [-0.1, -0.05) is 18.2 Å². The lowest BCUT2D eigenvalue weighted by Gasteiger charge is -2.29. The van der Waals surface area contributed by atoms with Gasteiger partial charge in [0.05, 0.1) is 16.9 Å². The van der Waals surface area contributed by atoms with Gasteiger partial charge in [0.15, 0.2) is 12.4 Å². The molecule has 0 spiro atoms. The molecule has 1 aliphatic heterocycles. The molecule has 0 N–H and O–H groups in total. The van der Waals surface area contributed by atoms with E-state index < -0.39 is 23.0 Å². The first-order valence-electron chi connectivity index (χ1n) is 10.4. The van der Waals surface area contributed by atoms with Crippen molar-refractivity contribution in [2.75, 3.05) is 18.6 Å². The summed E-state index contributed by atoms with van der Waals surface area (Å²) < 4.78 is 33.6. The Balaban J connectivity index is 1.45. The third-order valence-electron chi connectivity index (χ3n) is 5.94. The number of hydrogen-bond donors (Lipinski definition) is 0. The predicted octanol–water partition coefficient (Wildman–Crippen LogP) is 4.68. The first-order chi connectivity index (χ1) is 15.4. The second-order valence-electron chi connectivity index (χ2n) is 8.14. The number of carbonyl (C=O) groups excluding carboxylic acids is 2. The minimum atomic E-state index is -0.869. The van der Waals surface area contributed by atoms with Crippen molar-refractivity contribution in [2.24, 2.45) is 0 Å². The van der Waals surface area contributed by atoms with E-state index in [9.17, 15) is 18.4 Å². The van der Waals surface area contributed by atoms with Crippen LogP contribution in [0.2, 0.25) is 0 Å². The first kappa shape index (κ1) is 20.3. The Morgan fingerprint density at radius 2 is 1.88 bits per heavy atom. The summed E-state index contributed by atoms with van der Waals surface area (Å²) >= 11 is 0. The number of Topliss-reactive ketones (excluding diaryl/α,β-unsaturated/α-hetero) is 1. The molecule has 162 valence electrons. The van der Waals surface area contributed by atoms with Crippen LogP contribution in [-0.4, -0.2) is 30.3 Å². The number of nitrogens with zero attached hydrogens (tertiary/aromatic N) is 2. The zero-order valence-corrected chi connectivity index (χ0v) is 17.4.